The van der Waals surface area contributed by atoms with Gasteiger partial charge in [0.25, 0.3) is 0 Å². The maximum absolute atomic E-state index is 14.4. The van der Waals surface area contributed by atoms with Gasteiger partial charge < -0.3 is 10.1 Å². The van der Waals surface area contributed by atoms with Gasteiger partial charge in [-0.1, -0.05) is 30.0 Å². The molecule has 0 saturated heterocycles. The molecule has 1 aliphatic heterocycles. The maximum atomic E-state index is 14.4. The van der Waals surface area contributed by atoms with Gasteiger partial charge in [0.15, 0.2) is 5.78 Å². The number of Topliss-reactive ketones (excluding diaryl/α,β-unsaturated/α-hetero) is 1. The predicted molar refractivity (Wildman–Crippen MR) is 97.4 cm³/mol. The molecule has 1 N–H and O–H groups in total. The highest BCUT2D eigenvalue weighted by Crippen LogP contribution is 2.41. The zero-order valence-electron chi connectivity index (χ0n) is 14.8. The molecule has 26 heavy (non-hydrogen) atoms. The van der Waals surface area contributed by atoms with Crippen LogP contribution in [0.5, 0.6) is 0 Å². The number of carbonyl (C=O) groups is 2. The summed E-state index contributed by atoms with van der Waals surface area (Å²) in [7, 11) is 0. The average Bonchev–Trinajstić information content (AvgIpc) is 2.59. The van der Waals surface area contributed by atoms with Gasteiger partial charge in [0.05, 0.1) is 34.9 Å². The molecule has 5 nitrogen and oxygen atoms in total. The fourth-order valence-corrected chi connectivity index (χ4v) is 3.74. The van der Waals surface area contributed by atoms with Crippen LogP contribution in [0.1, 0.15) is 32.3 Å². The van der Waals surface area contributed by atoms with Crippen LogP contribution in [0.25, 0.3) is 0 Å². The highest BCUT2D eigenvalue weighted by molar-refractivity contribution is 8.03. The number of hydrogen-bond donors (Lipinski definition) is 1. The Balaban J connectivity index is 2.51. The first kappa shape index (κ1) is 19.7. The Kier molecular flexibility index (Phi) is 6.58. The largest absolute Gasteiger partial charge is 0.465 e. The van der Waals surface area contributed by atoms with Gasteiger partial charge in [0.2, 0.25) is 0 Å². The summed E-state index contributed by atoms with van der Waals surface area (Å²) in [4.78, 5) is 23.8. The van der Waals surface area contributed by atoms with Crippen molar-refractivity contribution in [3.63, 3.8) is 0 Å². The van der Waals surface area contributed by atoms with Gasteiger partial charge in [-0.3, -0.25) is 9.59 Å². The van der Waals surface area contributed by atoms with Gasteiger partial charge in [-0.25, -0.2) is 4.39 Å². The van der Waals surface area contributed by atoms with E-state index in [1.165, 1.54) is 13.0 Å². The van der Waals surface area contributed by atoms with E-state index in [0.717, 1.165) is 11.8 Å². The van der Waals surface area contributed by atoms with Crippen LogP contribution in [0, 0.1) is 17.1 Å². The summed E-state index contributed by atoms with van der Waals surface area (Å²) >= 11 is 1.10. The SMILES string of the molecule is CCOC(=O)CSC1=C(C#N)[C@H](c2ccccc2F)C(C(C)=O)=C(C)N1. The summed E-state index contributed by atoms with van der Waals surface area (Å²) in [6, 6.07) is 8.15. The molecule has 7 heteroatoms. The highest BCUT2D eigenvalue weighted by Gasteiger charge is 2.34. The summed E-state index contributed by atoms with van der Waals surface area (Å²) in [6.45, 7) is 5.06. The second-order valence-corrected chi connectivity index (χ2v) is 6.61. The van der Waals surface area contributed by atoms with Crippen molar-refractivity contribution < 1.29 is 18.7 Å². The van der Waals surface area contributed by atoms with E-state index >= 15 is 0 Å². The molecular weight excluding hydrogens is 355 g/mol. The minimum Gasteiger partial charge on any atom is -0.465 e. The van der Waals surface area contributed by atoms with Gasteiger partial charge in [-0.15, -0.1) is 0 Å². The molecule has 1 aromatic carbocycles. The number of esters is 1. The first-order valence-electron chi connectivity index (χ1n) is 8.06. The van der Waals surface area contributed by atoms with Gasteiger partial charge in [0.1, 0.15) is 5.82 Å². The van der Waals surface area contributed by atoms with E-state index in [0.29, 0.717) is 16.3 Å². The van der Waals surface area contributed by atoms with Crippen molar-refractivity contribution in [3.05, 3.63) is 57.5 Å². The molecule has 0 saturated carbocycles. The van der Waals surface area contributed by atoms with E-state index < -0.39 is 17.7 Å². The van der Waals surface area contributed by atoms with Crippen molar-refractivity contribution in [2.75, 3.05) is 12.4 Å². The maximum Gasteiger partial charge on any atom is 0.316 e. The first-order valence-corrected chi connectivity index (χ1v) is 9.05. The average molecular weight is 374 g/mol. The van der Waals surface area contributed by atoms with E-state index in [2.05, 4.69) is 11.4 Å². The Hall–Kier alpha value is -2.59. The fourth-order valence-electron chi connectivity index (χ4n) is 2.85. The summed E-state index contributed by atoms with van der Waals surface area (Å²) in [5.74, 6) is -1.96. The lowest BCUT2D eigenvalue weighted by Crippen LogP contribution is -2.28. The third kappa shape index (κ3) is 4.14. The third-order valence-corrected chi connectivity index (χ3v) is 4.87. The molecule has 1 heterocycles. The molecule has 0 aromatic heterocycles. The number of allylic oxidation sites excluding steroid dienone is 3. The molecular formula is C19H19FN2O3S. The van der Waals surface area contributed by atoms with Crippen LogP contribution in [-0.2, 0) is 14.3 Å². The lowest BCUT2D eigenvalue weighted by molar-refractivity contribution is -0.139. The summed E-state index contributed by atoms with van der Waals surface area (Å²) in [5, 5.41) is 13.1. The van der Waals surface area contributed by atoms with Crippen LogP contribution in [0.2, 0.25) is 0 Å². The predicted octanol–water partition coefficient (Wildman–Crippen LogP) is 3.41. The van der Waals surface area contributed by atoms with Crippen LogP contribution in [0.15, 0.2) is 46.1 Å². The second-order valence-electron chi connectivity index (χ2n) is 5.62. The van der Waals surface area contributed by atoms with E-state index in [4.69, 9.17) is 4.74 Å². The quantitative estimate of drug-likeness (QED) is 0.769. The van der Waals surface area contributed by atoms with Crippen molar-refractivity contribution in [2.45, 2.75) is 26.7 Å². The van der Waals surface area contributed by atoms with Crippen LogP contribution in [0.4, 0.5) is 4.39 Å². The van der Waals surface area contributed by atoms with Crippen LogP contribution < -0.4 is 5.32 Å². The number of nitriles is 1. The zero-order valence-corrected chi connectivity index (χ0v) is 15.6. The number of carbonyl (C=O) groups excluding carboxylic acids is 2. The summed E-state index contributed by atoms with van der Waals surface area (Å²) < 4.78 is 19.3. The Morgan fingerprint density at radius 2 is 2.08 bits per heavy atom. The Labute approximate surface area is 155 Å². The van der Waals surface area contributed by atoms with Crippen molar-refractivity contribution >= 4 is 23.5 Å². The van der Waals surface area contributed by atoms with Crippen molar-refractivity contribution in [2.24, 2.45) is 0 Å². The lowest BCUT2D eigenvalue weighted by atomic mass is 9.81. The number of thioether (sulfide) groups is 1. The third-order valence-electron chi connectivity index (χ3n) is 3.88. The molecule has 0 bridgehead atoms. The number of rotatable bonds is 6. The Bertz CT molecular complexity index is 839. The van der Waals surface area contributed by atoms with Gasteiger partial charge in [0, 0.05) is 16.8 Å². The second kappa shape index (κ2) is 8.68. The van der Waals surface area contributed by atoms with E-state index in [1.54, 1.807) is 32.0 Å². The molecule has 0 fully saturated rings. The summed E-state index contributed by atoms with van der Waals surface area (Å²) in [5.41, 5.74) is 1.34. The zero-order chi connectivity index (χ0) is 19.3. The lowest BCUT2D eigenvalue weighted by Gasteiger charge is -2.29. The van der Waals surface area contributed by atoms with Gasteiger partial charge in [-0.2, -0.15) is 5.26 Å². The van der Waals surface area contributed by atoms with Gasteiger partial charge in [-0.05, 0) is 26.8 Å². The number of halogens is 1. The van der Waals surface area contributed by atoms with Gasteiger partial charge >= 0.3 is 5.97 Å². The number of nitrogens with zero attached hydrogens (tertiary/aromatic N) is 1. The topological polar surface area (TPSA) is 79.2 Å². The molecule has 0 spiro atoms. The molecule has 0 unspecified atom stereocenters. The Morgan fingerprint density at radius 1 is 1.38 bits per heavy atom. The van der Waals surface area contributed by atoms with E-state index in [9.17, 15) is 19.2 Å². The molecule has 0 amide bonds. The molecule has 0 aliphatic carbocycles. The minimum atomic E-state index is -0.815. The number of dihydropyridines is 1. The van der Waals surface area contributed by atoms with Crippen molar-refractivity contribution in [1.82, 2.24) is 5.32 Å². The molecule has 136 valence electrons. The highest BCUT2D eigenvalue weighted by atomic mass is 32.2. The number of ketones is 1. The van der Waals surface area contributed by atoms with Crippen molar-refractivity contribution in [3.8, 4) is 6.07 Å². The van der Waals surface area contributed by atoms with Crippen molar-refractivity contribution in [1.29, 1.82) is 5.26 Å². The fraction of sp³-hybridized carbons (Fsp3) is 0.316. The molecule has 1 atom stereocenters. The van der Waals surface area contributed by atoms with Crippen LogP contribution in [0.3, 0.4) is 0 Å². The number of hydrogen-bond acceptors (Lipinski definition) is 6. The van der Waals surface area contributed by atoms with Crippen LogP contribution >= 0.6 is 11.8 Å². The van der Waals surface area contributed by atoms with E-state index in [1.807, 2.05) is 0 Å². The Morgan fingerprint density at radius 3 is 2.65 bits per heavy atom. The standard InChI is InChI=1S/C19H19FN2O3S/c1-4-25-16(24)10-26-19-14(9-21)18(13-7-5-6-8-15(13)20)17(12(3)23)11(2)22-19/h5-8,18,22H,4,10H2,1-3H3/t18-/m0/s1. The molecule has 1 aromatic rings. The molecule has 2 rings (SSSR count). The van der Waals surface area contributed by atoms with Crippen LogP contribution in [-0.4, -0.2) is 24.1 Å². The summed E-state index contributed by atoms with van der Waals surface area (Å²) in [6.07, 6.45) is 0. The molecule has 0 radical (unpaired) electrons. The normalized spacial score (nSPS) is 16.8. The monoisotopic (exact) mass is 374 g/mol. The number of benzene rings is 1. The van der Waals surface area contributed by atoms with E-state index in [-0.39, 0.29) is 29.3 Å². The molecule has 1 aliphatic rings. The minimum absolute atomic E-state index is 0.00797. The number of nitrogens with one attached hydrogen (secondary N) is 1. The first-order chi connectivity index (χ1) is 12.4. The number of ether oxygens (including phenoxy) is 1. The smallest absolute Gasteiger partial charge is 0.316 e.